The molecule has 0 bridgehead atoms. The number of rotatable bonds is 2. The van der Waals surface area contributed by atoms with Crippen LogP contribution in [-0.2, 0) is 14.3 Å². The number of methoxy groups -OCH3 is 1. The zero-order valence-electron chi connectivity index (χ0n) is 12.3. The van der Waals surface area contributed by atoms with Gasteiger partial charge in [-0.3, -0.25) is 9.69 Å². The van der Waals surface area contributed by atoms with Gasteiger partial charge in [0.25, 0.3) is 5.91 Å². The number of hydrogen-bond acceptors (Lipinski definition) is 4. The van der Waals surface area contributed by atoms with E-state index in [2.05, 4.69) is 0 Å². The highest BCUT2D eigenvalue weighted by Gasteiger charge is 2.63. The topological polar surface area (TPSA) is 59.1 Å². The number of anilines is 1. The second-order valence-corrected chi connectivity index (χ2v) is 5.88. The summed E-state index contributed by atoms with van der Waals surface area (Å²) in [7, 11) is 1.52. The van der Waals surface area contributed by atoms with Crippen molar-refractivity contribution in [2.24, 2.45) is 0 Å². The molecule has 0 radical (unpaired) electrons. The van der Waals surface area contributed by atoms with Crippen molar-refractivity contribution in [2.75, 3.05) is 12.0 Å². The lowest BCUT2D eigenvalue weighted by Crippen LogP contribution is -2.74. The number of amides is 2. The smallest absolute Gasteiger partial charge is 0.417 e. The molecule has 4 rings (SSSR count). The van der Waals surface area contributed by atoms with Gasteiger partial charge < -0.3 is 14.4 Å². The van der Waals surface area contributed by atoms with Gasteiger partial charge in [-0.15, -0.1) is 0 Å². The molecule has 2 saturated heterocycles. The molecule has 0 spiro atoms. The minimum atomic E-state index is -0.849. The van der Waals surface area contributed by atoms with Gasteiger partial charge >= 0.3 is 6.09 Å². The average molecular weight is 300 g/mol. The molecule has 3 aliphatic heterocycles. The van der Waals surface area contributed by atoms with Gasteiger partial charge in [0, 0.05) is 12.8 Å². The first-order valence-electron chi connectivity index (χ1n) is 7.18. The summed E-state index contributed by atoms with van der Waals surface area (Å²) < 4.78 is 10.8. The van der Waals surface area contributed by atoms with Gasteiger partial charge in [-0.05, 0) is 25.1 Å². The summed E-state index contributed by atoms with van der Waals surface area (Å²) in [5.74, 6) is -0.118. The van der Waals surface area contributed by atoms with Gasteiger partial charge in [-0.1, -0.05) is 24.3 Å². The van der Waals surface area contributed by atoms with Crippen LogP contribution in [-0.4, -0.2) is 47.9 Å². The third-order valence-electron chi connectivity index (χ3n) is 4.57. The molecular weight excluding hydrogens is 284 g/mol. The van der Waals surface area contributed by atoms with Crippen molar-refractivity contribution >= 4 is 17.7 Å². The third-order valence-corrected chi connectivity index (χ3v) is 4.57. The van der Waals surface area contributed by atoms with Crippen LogP contribution in [0.15, 0.2) is 42.5 Å². The zero-order valence-corrected chi connectivity index (χ0v) is 12.3. The normalized spacial score (nSPS) is 35.8. The minimum Gasteiger partial charge on any atom is -0.434 e. The standard InChI is InChI=1S/C16H16N2O4/c1-16-9-8-11-12(21-2)13(19)18(11)14(16)17(15(20)22-16)10-6-4-3-5-7-10/h3-9,11-12,14H,1-2H3/t11-,12-,14+,16-/m0/s1. The van der Waals surface area contributed by atoms with Crippen molar-refractivity contribution in [3.63, 3.8) is 0 Å². The Morgan fingerprint density at radius 2 is 1.95 bits per heavy atom. The quantitative estimate of drug-likeness (QED) is 0.614. The highest BCUT2D eigenvalue weighted by molar-refractivity contribution is 5.96. The first-order valence-corrected chi connectivity index (χ1v) is 7.18. The van der Waals surface area contributed by atoms with Crippen LogP contribution in [0.1, 0.15) is 6.92 Å². The molecule has 4 atom stereocenters. The van der Waals surface area contributed by atoms with Gasteiger partial charge in [-0.2, -0.15) is 0 Å². The van der Waals surface area contributed by atoms with Gasteiger partial charge in [0.2, 0.25) is 0 Å². The number of β-lactam (4-membered cyclic amide) rings is 1. The Morgan fingerprint density at radius 3 is 2.64 bits per heavy atom. The number of para-hydroxylation sites is 1. The summed E-state index contributed by atoms with van der Waals surface area (Å²) in [6.07, 6.45) is 2.33. The Kier molecular flexibility index (Phi) is 2.62. The van der Waals surface area contributed by atoms with Crippen LogP contribution in [0.2, 0.25) is 0 Å². The second kappa shape index (κ2) is 4.33. The van der Waals surface area contributed by atoms with Gasteiger partial charge in [-0.25, -0.2) is 4.79 Å². The average Bonchev–Trinajstić information content (AvgIpc) is 2.77. The number of fused-ring (bicyclic) bond motifs is 3. The molecule has 0 aromatic heterocycles. The van der Waals surface area contributed by atoms with Crippen molar-refractivity contribution in [3.05, 3.63) is 42.5 Å². The molecular formula is C16H16N2O4. The van der Waals surface area contributed by atoms with Crippen LogP contribution in [0.5, 0.6) is 0 Å². The number of hydrogen-bond donors (Lipinski definition) is 0. The Bertz CT molecular complexity index is 674. The molecule has 2 fully saturated rings. The summed E-state index contributed by atoms with van der Waals surface area (Å²) in [5, 5.41) is 0. The fourth-order valence-electron chi connectivity index (χ4n) is 3.51. The van der Waals surface area contributed by atoms with Gasteiger partial charge in [0.1, 0.15) is 0 Å². The van der Waals surface area contributed by atoms with E-state index in [1.54, 1.807) is 9.80 Å². The molecule has 0 aliphatic carbocycles. The van der Waals surface area contributed by atoms with Crippen molar-refractivity contribution in [2.45, 2.75) is 30.8 Å². The predicted molar refractivity (Wildman–Crippen MR) is 78.2 cm³/mol. The Balaban J connectivity index is 1.78. The van der Waals surface area contributed by atoms with E-state index >= 15 is 0 Å². The first-order chi connectivity index (χ1) is 10.6. The van der Waals surface area contributed by atoms with E-state index in [0.29, 0.717) is 5.69 Å². The molecule has 0 saturated carbocycles. The maximum absolute atomic E-state index is 12.4. The number of benzene rings is 1. The molecule has 6 heteroatoms. The zero-order chi connectivity index (χ0) is 15.5. The van der Waals surface area contributed by atoms with Crippen LogP contribution < -0.4 is 4.90 Å². The SMILES string of the molecule is CO[C@@H]1C(=O)N2[C@H]3N(c4ccccc4)C(=O)O[C@@]3(C)C=C[C@@H]12. The van der Waals surface area contributed by atoms with Crippen molar-refractivity contribution in [1.29, 1.82) is 0 Å². The number of carbonyl (C=O) groups excluding carboxylic acids is 2. The Hall–Kier alpha value is -2.34. The molecule has 3 heterocycles. The Labute approximate surface area is 127 Å². The van der Waals surface area contributed by atoms with Crippen molar-refractivity contribution in [3.8, 4) is 0 Å². The maximum atomic E-state index is 12.4. The van der Waals surface area contributed by atoms with Crippen molar-refractivity contribution < 1.29 is 19.1 Å². The fraction of sp³-hybridized carbons (Fsp3) is 0.375. The lowest BCUT2D eigenvalue weighted by atomic mass is 9.85. The molecule has 2 amide bonds. The number of carbonyl (C=O) groups is 2. The van der Waals surface area contributed by atoms with E-state index in [4.69, 9.17) is 9.47 Å². The van der Waals surface area contributed by atoms with E-state index in [-0.39, 0.29) is 11.9 Å². The summed E-state index contributed by atoms with van der Waals surface area (Å²) in [5.41, 5.74) is -0.137. The van der Waals surface area contributed by atoms with Crippen LogP contribution in [0.4, 0.5) is 10.5 Å². The molecule has 0 N–H and O–H groups in total. The molecule has 22 heavy (non-hydrogen) atoms. The molecule has 1 aromatic rings. The van der Waals surface area contributed by atoms with E-state index in [0.717, 1.165) is 0 Å². The summed E-state index contributed by atoms with van der Waals surface area (Å²) in [6.45, 7) is 1.82. The van der Waals surface area contributed by atoms with Crippen LogP contribution in [0.25, 0.3) is 0 Å². The lowest BCUT2D eigenvalue weighted by Gasteiger charge is -2.53. The second-order valence-electron chi connectivity index (χ2n) is 5.88. The predicted octanol–water partition coefficient (Wildman–Crippen LogP) is 1.52. The fourth-order valence-corrected chi connectivity index (χ4v) is 3.51. The summed E-state index contributed by atoms with van der Waals surface area (Å²) in [6, 6.07) is 9.09. The molecule has 6 nitrogen and oxygen atoms in total. The van der Waals surface area contributed by atoms with E-state index < -0.39 is 24.0 Å². The molecule has 1 aromatic carbocycles. The highest BCUT2D eigenvalue weighted by atomic mass is 16.6. The summed E-state index contributed by atoms with van der Waals surface area (Å²) in [4.78, 5) is 28.0. The Morgan fingerprint density at radius 1 is 1.23 bits per heavy atom. The largest absolute Gasteiger partial charge is 0.434 e. The number of ether oxygens (including phenoxy) is 2. The molecule has 114 valence electrons. The van der Waals surface area contributed by atoms with Gasteiger partial charge in [0.05, 0.1) is 6.04 Å². The summed E-state index contributed by atoms with van der Waals surface area (Å²) >= 11 is 0. The van der Waals surface area contributed by atoms with Gasteiger partial charge in [0.15, 0.2) is 17.9 Å². The maximum Gasteiger partial charge on any atom is 0.417 e. The molecule has 3 aliphatic rings. The van der Waals surface area contributed by atoms with Crippen LogP contribution in [0, 0.1) is 0 Å². The van der Waals surface area contributed by atoms with E-state index in [1.807, 2.05) is 49.4 Å². The van der Waals surface area contributed by atoms with Crippen LogP contribution in [0.3, 0.4) is 0 Å². The third kappa shape index (κ3) is 1.53. The van der Waals surface area contributed by atoms with E-state index in [1.165, 1.54) is 7.11 Å². The van der Waals surface area contributed by atoms with Crippen molar-refractivity contribution in [1.82, 2.24) is 4.90 Å². The monoisotopic (exact) mass is 300 g/mol. The lowest BCUT2D eigenvalue weighted by molar-refractivity contribution is -0.176. The van der Waals surface area contributed by atoms with Crippen LogP contribution >= 0.6 is 0 Å². The highest BCUT2D eigenvalue weighted by Crippen LogP contribution is 2.44. The minimum absolute atomic E-state index is 0.118. The molecule has 0 unspecified atom stereocenters. The van der Waals surface area contributed by atoms with E-state index in [9.17, 15) is 9.59 Å². The first kappa shape index (κ1) is 13.3. The number of nitrogens with zero attached hydrogens (tertiary/aromatic N) is 2.